The van der Waals surface area contributed by atoms with Crippen LogP contribution in [-0.2, 0) is 0 Å². The number of halogens is 13. The van der Waals surface area contributed by atoms with Crippen molar-refractivity contribution in [3.05, 3.63) is 139 Å². The van der Waals surface area contributed by atoms with Crippen molar-refractivity contribution in [2.75, 3.05) is 65.5 Å². The smallest absolute Gasteiger partial charge is 0.152 e. The maximum absolute atomic E-state index is 6.29. The predicted octanol–water partition coefficient (Wildman–Crippen LogP) is 14.5. The third kappa shape index (κ3) is 16.8. The van der Waals surface area contributed by atoms with Crippen LogP contribution in [0.5, 0.6) is 0 Å². The topological polar surface area (TPSA) is 309 Å². The maximum atomic E-state index is 6.29. The van der Waals surface area contributed by atoms with Gasteiger partial charge in [-0.1, -0.05) is 151 Å². The van der Waals surface area contributed by atoms with Gasteiger partial charge >= 0.3 is 0 Å². The summed E-state index contributed by atoms with van der Waals surface area (Å²) in [4.78, 5) is 33.3. The summed E-state index contributed by atoms with van der Waals surface area (Å²) in [6.45, 7) is 2.59. The Bertz CT molecular complexity index is 3120. The van der Waals surface area contributed by atoms with E-state index in [9.17, 15) is 0 Å². The Labute approximate surface area is 500 Å². The number of nitrogens with two attached hydrogens (primary N) is 7. The standard InChI is InChI=1S/C23H18Cl6N8.C10H5Cl4N3.C10H7Cl3N4.C3H10N2/c24-10-2-4-12(26)18(28)16(10)20-22(30)36-14(8-34-20)32-6-1-7-33-15-9-35-21(23(31)37-15)17-11(25)3-5-13(27)19(17)29;11-4-1-5(8(14)6(12)2-4)9-10(15)17-7(13)3-16-9;11-4-1-5(8(13)6(12)2-4)9-10(15)17-7(14)3-16-9;4-2-1-3-5/h2-5,8-9H,1,6-7H2,(H3,30,32,36)(H3,31,33,37);1-3H,(H2,15,17);1-3H,(H4,14,15,17);1-5H2. The van der Waals surface area contributed by atoms with E-state index in [1.54, 1.807) is 48.8 Å². The first kappa shape index (κ1) is 62.3. The summed E-state index contributed by atoms with van der Waals surface area (Å²) in [6.07, 6.45) is 7.51. The van der Waals surface area contributed by atoms with Crippen molar-refractivity contribution in [2.45, 2.75) is 12.8 Å². The molecule has 4 heterocycles. The molecule has 76 heavy (non-hydrogen) atoms. The van der Waals surface area contributed by atoms with E-state index in [4.69, 9.17) is 191 Å². The van der Waals surface area contributed by atoms with Gasteiger partial charge in [-0.2, -0.15) is 0 Å². The minimum absolute atomic E-state index is 0.165. The van der Waals surface area contributed by atoms with E-state index >= 15 is 0 Å². The fourth-order valence-corrected chi connectivity index (χ4v) is 9.10. The third-order valence-corrected chi connectivity index (χ3v) is 14.1. The van der Waals surface area contributed by atoms with Crippen molar-refractivity contribution in [1.82, 2.24) is 39.9 Å². The molecule has 30 heteroatoms. The molecule has 0 aliphatic carbocycles. The second-order valence-corrected chi connectivity index (χ2v) is 20.2. The SMILES string of the molecule is NCCCN.Nc1cnc(-c2cc(Cl)cc(Cl)c2Cl)c(N)n1.Nc1nc(Cl)cnc1-c1cc(Cl)cc(Cl)c1Cl.Nc1nc(NCCCNc2cnc(-c3c(Cl)ccc(Cl)c3Cl)c(N)n2)cnc1-c1c(Cl)ccc(Cl)c1Cl. The van der Waals surface area contributed by atoms with Gasteiger partial charge in [0.25, 0.3) is 0 Å². The van der Waals surface area contributed by atoms with Gasteiger partial charge in [0.15, 0.2) is 23.3 Å². The number of hydrogen-bond donors (Lipinski definition) is 9. The van der Waals surface area contributed by atoms with Gasteiger partial charge in [0.1, 0.15) is 45.4 Å². The molecule has 0 unspecified atom stereocenters. The quantitative estimate of drug-likeness (QED) is 0.0405. The van der Waals surface area contributed by atoms with Crippen LogP contribution in [0, 0.1) is 0 Å². The highest BCUT2D eigenvalue weighted by Crippen LogP contribution is 2.43. The zero-order chi connectivity index (χ0) is 56.0. The minimum atomic E-state index is 0.165. The summed E-state index contributed by atoms with van der Waals surface area (Å²) in [7, 11) is 0. The van der Waals surface area contributed by atoms with Gasteiger partial charge in [-0.05, 0) is 74.5 Å². The second-order valence-electron chi connectivity index (χ2n) is 15.0. The molecule has 8 rings (SSSR count). The van der Waals surface area contributed by atoms with Crippen molar-refractivity contribution in [3.63, 3.8) is 0 Å². The minimum Gasteiger partial charge on any atom is -0.382 e. The first-order valence-corrected chi connectivity index (χ1v) is 26.3. The molecule has 0 amide bonds. The highest BCUT2D eigenvalue weighted by atomic mass is 35.5. The Morgan fingerprint density at radius 3 is 1.14 bits per heavy atom. The van der Waals surface area contributed by atoms with E-state index in [0.717, 1.165) is 19.5 Å². The molecule has 4 aromatic carbocycles. The van der Waals surface area contributed by atoms with Crippen LogP contribution in [0.15, 0.2) is 73.3 Å². The van der Waals surface area contributed by atoms with Gasteiger partial charge in [-0.15, -0.1) is 0 Å². The van der Waals surface area contributed by atoms with Crippen LogP contribution in [0.2, 0.25) is 65.4 Å². The van der Waals surface area contributed by atoms with E-state index in [1.807, 2.05) is 0 Å². The van der Waals surface area contributed by atoms with Gasteiger partial charge < -0.3 is 50.8 Å². The van der Waals surface area contributed by atoms with Crippen LogP contribution in [0.3, 0.4) is 0 Å². The van der Waals surface area contributed by atoms with E-state index in [2.05, 4.69) is 50.5 Å². The Kier molecular flexibility index (Phi) is 24.2. The fraction of sp³-hybridized carbons (Fsp3) is 0.130. The lowest BCUT2D eigenvalue weighted by Crippen LogP contribution is -2.12. The average molecular weight is 1290 g/mol. The van der Waals surface area contributed by atoms with Crippen molar-refractivity contribution < 1.29 is 0 Å². The highest BCUT2D eigenvalue weighted by Gasteiger charge is 2.20. The van der Waals surface area contributed by atoms with Gasteiger partial charge in [0.2, 0.25) is 0 Å². The van der Waals surface area contributed by atoms with E-state index in [-0.39, 0.29) is 44.3 Å². The number of benzene rings is 4. The molecule has 8 aromatic rings. The number of aromatic nitrogens is 8. The number of rotatable bonds is 12. The number of nitrogens with zero attached hydrogens (tertiary/aromatic N) is 8. The maximum Gasteiger partial charge on any atom is 0.152 e. The highest BCUT2D eigenvalue weighted by molar-refractivity contribution is 6.48. The molecule has 0 bridgehead atoms. The van der Waals surface area contributed by atoms with Crippen molar-refractivity contribution in [2.24, 2.45) is 11.5 Å². The molecule has 400 valence electrons. The third-order valence-electron chi connectivity index (χ3n) is 9.62. The molecule has 4 aromatic heterocycles. The second kappa shape index (κ2) is 29.5. The van der Waals surface area contributed by atoms with Gasteiger partial charge in [0.05, 0.1) is 75.0 Å². The molecular formula is C46H40Cl13N17. The Morgan fingerprint density at radius 1 is 0.382 bits per heavy atom. The zero-order valence-corrected chi connectivity index (χ0v) is 48.5. The van der Waals surface area contributed by atoms with Crippen molar-refractivity contribution in [1.29, 1.82) is 0 Å². The van der Waals surface area contributed by atoms with Crippen LogP contribution < -0.4 is 50.8 Å². The Morgan fingerprint density at radius 2 is 0.763 bits per heavy atom. The summed E-state index contributed by atoms with van der Waals surface area (Å²) >= 11 is 78.7. The molecule has 0 saturated carbocycles. The number of nitrogens with one attached hydrogen (secondary N) is 2. The largest absolute Gasteiger partial charge is 0.382 e. The Balaban J connectivity index is 0.000000226. The average Bonchev–Trinajstić information content (AvgIpc) is 3.36. The molecule has 0 aliphatic rings. The number of nitrogen functional groups attached to an aromatic ring is 5. The molecule has 0 spiro atoms. The Hall–Kier alpha value is -4.51. The summed E-state index contributed by atoms with van der Waals surface area (Å²) < 4.78 is 0. The van der Waals surface area contributed by atoms with Crippen LogP contribution in [0.1, 0.15) is 12.8 Å². The number of anilines is 7. The molecule has 0 fully saturated rings. The van der Waals surface area contributed by atoms with Gasteiger partial charge in [0, 0.05) is 45.4 Å². The van der Waals surface area contributed by atoms with Crippen LogP contribution in [-0.4, -0.2) is 66.1 Å². The van der Waals surface area contributed by atoms with E-state index < -0.39 is 0 Å². The monoisotopic (exact) mass is 1280 g/mol. The molecule has 16 N–H and O–H groups in total. The lowest BCUT2D eigenvalue weighted by Gasteiger charge is -2.13. The molecule has 0 saturated heterocycles. The summed E-state index contributed by atoms with van der Waals surface area (Å²) in [5, 5.41) is 10.6. The van der Waals surface area contributed by atoms with Crippen LogP contribution >= 0.6 is 151 Å². The normalized spacial score (nSPS) is 10.6. The lowest BCUT2D eigenvalue weighted by atomic mass is 10.1. The molecule has 0 atom stereocenters. The summed E-state index contributed by atoms with van der Waals surface area (Å²) in [5.41, 5.74) is 42.6. The zero-order valence-electron chi connectivity index (χ0n) is 38.7. The first-order valence-electron chi connectivity index (χ1n) is 21.4. The van der Waals surface area contributed by atoms with Crippen LogP contribution in [0.4, 0.5) is 40.7 Å². The lowest BCUT2D eigenvalue weighted by molar-refractivity contribution is 0.844. The molecular weight excluding hydrogens is 1250 g/mol. The first-order chi connectivity index (χ1) is 36.1. The van der Waals surface area contributed by atoms with E-state index in [1.165, 1.54) is 24.5 Å². The summed E-state index contributed by atoms with van der Waals surface area (Å²) in [6, 6.07) is 12.8. The predicted molar refractivity (Wildman–Crippen MR) is 321 cm³/mol. The fourth-order valence-electron chi connectivity index (χ4n) is 6.16. The van der Waals surface area contributed by atoms with Crippen LogP contribution in [0.25, 0.3) is 45.0 Å². The van der Waals surface area contributed by atoms with Crippen molar-refractivity contribution >= 4 is 192 Å². The number of hydrogen-bond acceptors (Lipinski definition) is 17. The molecule has 0 aliphatic heterocycles. The van der Waals surface area contributed by atoms with Gasteiger partial charge in [-0.25, -0.2) is 39.9 Å². The van der Waals surface area contributed by atoms with Crippen molar-refractivity contribution in [3.8, 4) is 45.0 Å². The molecule has 0 radical (unpaired) electrons. The van der Waals surface area contributed by atoms with E-state index in [0.29, 0.717) is 126 Å². The summed E-state index contributed by atoms with van der Waals surface area (Å²) in [5.74, 6) is 1.90. The molecule has 17 nitrogen and oxygen atoms in total. The van der Waals surface area contributed by atoms with Gasteiger partial charge in [-0.3, -0.25) is 0 Å².